The van der Waals surface area contributed by atoms with Crippen molar-refractivity contribution in [3.8, 4) is 0 Å². The molecule has 0 bridgehead atoms. The number of hydrogen-bond acceptors (Lipinski definition) is 3. The zero-order chi connectivity index (χ0) is 12.2. The van der Waals surface area contributed by atoms with E-state index in [2.05, 4.69) is 49.4 Å². The Kier molecular flexibility index (Phi) is 4.30. The van der Waals surface area contributed by atoms with Crippen molar-refractivity contribution in [2.45, 2.75) is 46.7 Å². The van der Waals surface area contributed by atoms with Crippen molar-refractivity contribution in [3.63, 3.8) is 0 Å². The van der Waals surface area contributed by atoms with Gasteiger partial charge in [-0.1, -0.05) is 0 Å². The maximum atomic E-state index is 4.34. The van der Waals surface area contributed by atoms with E-state index in [0.29, 0.717) is 0 Å². The zero-order valence-electron chi connectivity index (χ0n) is 11.0. The Balaban J connectivity index is 2.78. The number of anilines is 1. The van der Waals surface area contributed by atoms with Gasteiger partial charge in [0, 0.05) is 41.8 Å². The van der Waals surface area contributed by atoms with Gasteiger partial charge in [0.05, 0.1) is 0 Å². The Hall–Kier alpha value is -1.09. The van der Waals surface area contributed by atoms with Crippen molar-refractivity contribution in [2.75, 3.05) is 11.9 Å². The molecule has 0 aliphatic heterocycles. The molecule has 0 unspecified atom stereocenters. The van der Waals surface area contributed by atoms with E-state index in [-0.39, 0.29) is 5.54 Å². The van der Waals surface area contributed by atoms with E-state index in [4.69, 9.17) is 0 Å². The molecule has 1 heterocycles. The highest BCUT2D eigenvalue weighted by Gasteiger charge is 2.10. The van der Waals surface area contributed by atoms with Crippen LogP contribution in [0.25, 0.3) is 0 Å². The minimum Gasteiger partial charge on any atom is -0.385 e. The first kappa shape index (κ1) is 13.0. The van der Waals surface area contributed by atoms with Gasteiger partial charge in [-0.2, -0.15) is 0 Å². The highest BCUT2D eigenvalue weighted by molar-refractivity contribution is 5.50. The van der Waals surface area contributed by atoms with Gasteiger partial charge in [0.2, 0.25) is 0 Å². The molecule has 0 atom stereocenters. The summed E-state index contributed by atoms with van der Waals surface area (Å²) >= 11 is 0. The van der Waals surface area contributed by atoms with Gasteiger partial charge in [0.15, 0.2) is 0 Å². The zero-order valence-corrected chi connectivity index (χ0v) is 11.0. The number of aromatic nitrogens is 1. The van der Waals surface area contributed by atoms with E-state index in [9.17, 15) is 0 Å². The van der Waals surface area contributed by atoms with Crippen molar-refractivity contribution in [3.05, 3.63) is 23.5 Å². The second kappa shape index (κ2) is 5.30. The molecule has 90 valence electrons. The molecule has 0 aliphatic rings. The Labute approximate surface area is 98.7 Å². The second-order valence-corrected chi connectivity index (χ2v) is 5.12. The van der Waals surface area contributed by atoms with Crippen LogP contribution in [0.5, 0.6) is 0 Å². The van der Waals surface area contributed by atoms with Crippen molar-refractivity contribution in [1.82, 2.24) is 10.3 Å². The maximum Gasteiger partial charge on any atom is 0.0419 e. The number of aryl methyl sites for hydroxylation is 1. The molecule has 1 aromatic rings. The van der Waals surface area contributed by atoms with Gasteiger partial charge in [-0.3, -0.25) is 4.98 Å². The lowest BCUT2D eigenvalue weighted by atomic mass is 10.1. The third-order valence-corrected chi connectivity index (χ3v) is 2.30. The first-order chi connectivity index (χ1) is 7.42. The first-order valence-corrected chi connectivity index (χ1v) is 5.87. The summed E-state index contributed by atoms with van der Waals surface area (Å²) in [5.41, 5.74) is 3.60. The summed E-state index contributed by atoms with van der Waals surface area (Å²) in [6.45, 7) is 12.4. The van der Waals surface area contributed by atoms with Crippen LogP contribution in [0.15, 0.2) is 12.3 Å². The normalized spacial score (nSPS) is 11.6. The quantitative estimate of drug-likeness (QED) is 0.821. The predicted molar refractivity (Wildman–Crippen MR) is 69.7 cm³/mol. The number of hydrogen-bond donors (Lipinski definition) is 2. The van der Waals surface area contributed by atoms with Gasteiger partial charge in [0.1, 0.15) is 0 Å². The number of rotatable bonds is 4. The lowest BCUT2D eigenvalue weighted by molar-refractivity contribution is 0.424. The Morgan fingerprint density at radius 1 is 1.31 bits per heavy atom. The molecule has 1 rings (SSSR count). The van der Waals surface area contributed by atoms with E-state index in [1.54, 1.807) is 0 Å². The highest BCUT2D eigenvalue weighted by atomic mass is 15.0. The molecule has 0 aliphatic carbocycles. The average molecular weight is 221 g/mol. The summed E-state index contributed by atoms with van der Waals surface area (Å²) in [5, 5.41) is 6.85. The van der Waals surface area contributed by atoms with Crippen LogP contribution < -0.4 is 10.6 Å². The average Bonchev–Trinajstić information content (AvgIpc) is 2.15. The van der Waals surface area contributed by atoms with Crippen LogP contribution >= 0.6 is 0 Å². The molecule has 3 nitrogen and oxygen atoms in total. The van der Waals surface area contributed by atoms with Crippen LogP contribution in [0.2, 0.25) is 0 Å². The van der Waals surface area contributed by atoms with E-state index < -0.39 is 0 Å². The fourth-order valence-corrected chi connectivity index (χ4v) is 1.44. The van der Waals surface area contributed by atoms with Gasteiger partial charge in [-0.15, -0.1) is 0 Å². The highest BCUT2D eigenvalue weighted by Crippen LogP contribution is 2.16. The molecule has 0 saturated heterocycles. The molecular formula is C13H23N3. The van der Waals surface area contributed by atoms with Gasteiger partial charge in [0.25, 0.3) is 0 Å². The summed E-state index contributed by atoms with van der Waals surface area (Å²) in [6.07, 6.45) is 1.95. The molecule has 2 N–H and O–H groups in total. The van der Waals surface area contributed by atoms with Crippen LogP contribution in [0.3, 0.4) is 0 Å². The Morgan fingerprint density at radius 3 is 2.56 bits per heavy atom. The molecule has 0 aromatic carbocycles. The van der Waals surface area contributed by atoms with Gasteiger partial charge >= 0.3 is 0 Å². The third-order valence-electron chi connectivity index (χ3n) is 2.30. The number of pyridine rings is 1. The van der Waals surface area contributed by atoms with Crippen LogP contribution in [0.1, 0.15) is 39.0 Å². The van der Waals surface area contributed by atoms with Crippen molar-refractivity contribution in [2.24, 2.45) is 0 Å². The van der Waals surface area contributed by atoms with Crippen molar-refractivity contribution in [1.29, 1.82) is 0 Å². The van der Waals surface area contributed by atoms with Crippen LogP contribution in [0, 0.1) is 6.92 Å². The molecule has 0 spiro atoms. The standard InChI is InChI=1S/C13H23N3/c1-6-14-12-7-10(2)15-8-11(12)9-16-13(3,4)5/h7-8,16H,6,9H2,1-5H3,(H,14,15). The SMILES string of the molecule is CCNc1cc(C)ncc1CNC(C)(C)C. The largest absolute Gasteiger partial charge is 0.385 e. The van der Waals surface area contributed by atoms with Gasteiger partial charge in [-0.05, 0) is 40.7 Å². The van der Waals surface area contributed by atoms with Crippen LogP contribution in [-0.4, -0.2) is 17.1 Å². The second-order valence-electron chi connectivity index (χ2n) is 5.12. The minimum absolute atomic E-state index is 0.133. The fraction of sp³-hybridized carbons (Fsp3) is 0.615. The summed E-state index contributed by atoms with van der Waals surface area (Å²) < 4.78 is 0. The molecule has 3 heteroatoms. The van der Waals surface area contributed by atoms with E-state index in [1.165, 1.54) is 11.3 Å². The van der Waals surface area contributed by atoms with Crippen LogP contribution in [0.4, 0.5) is 5.69 Å². The predicted octanol–water partition coefficient (Wildman–Crippen LogP) is 2.71. The molecule has 0 saturated carbocycles. The third kappa shape index (κ3) is 4.19. The summed E-state index contributed by atoms with van der Waals surface area (Å²) in [5.74, 6) is 0. The summed E-state index contributed by atoms with van der Waals surface area (Å²) in [7, 11) is 0. The molecular weight excluding hydrogens is 198 g/mol. The lowest BCUT2D eigenvalue weighted by Crippen LogP contribution is -2.35. The smallest absolute Gasteiger partial charge is 0.0419 e. The Bertz CT molecular complexity index is 340. The lowest BCUT2D eigenvalue weighted by Gasteiger charge is -2.21. The van der Waals surface area contributed by atoms with Crippen LogP contribution in [-0.2, 0) is 6.54 Å². The topological polar surface area (TPSA) is 37.0 Å². The van der Waals surface area contributed by atoms with E-state index >= 15 is 0 Å². The maximum absolute atomic E-state index is 4.34. The fourth-order valence-electron chi connectivity index (χ4n) is 1.44. The molecule has 0 amide bonds. The van der Waals surface area contributed by atoms with Gasteiger partial charge in [-0.25, -0.2) is 0 Å². The monoisotopic (exact) mass is 221 g/mol. The molecule has 16 heavy (non-hydrogen) atoms. The number of nitrogens with one attached hydrogen (secondary N) is 2. The van der Waals surface area contributed by atoms with Crippen molar-refractivity contribution < 1.29 is 0 Å². The van der Waals surface area contributed by atoms with Crippen molar-refractivity contribution >= 4 is 5.69 Å². The minimum atomic E-state index is 0.133. The van der Waals surface area contributed by atoms with Gasteiger partial charge < -0.3 is 10.6 Å². The summed E-state index contributed by atoms with van der Waals surface area (Å²) in [4.78, 5) is 4.34. The summed E-state index contributed by atoms with van der Waals surface area (Å²) in [6, 6.07) is 2.10. The molecule has 0 radical (unpaired) electrons. The molecule has 1 aromatic heterocycles. The first-order valence-electron chi connectivity index (χ1n) is 5.87. The number of nitrogens with zero attached hydrogens (tertiary/aromatic N) is 1. The van der Waals surface area contributed by atoms with E-state index in [0.717, 1.165) is 18.8 Å². The Morgan fingerprint density at radius 2 is 2.00 bits per heavy atom. The molecule has 0 fully saturated rings. The van der Waals surface area contributed by atoms with E-state index in [1.807, 2.05) is 13.1 Å².